The molecule has 0 saturated carbocycles. The monoisotopic (exact) mass is 293 g/mol. The average Bonchev–Trinajstić information content (AvgIpc) is 2.44. The minimum atomic E-state index is -0.326. The molecule has 0 aliphatic rings. The van der Waals surface area contributed by atoms with Crippen molar-refractivity contribution in [2.75, 3.05) is 6.54 Å². The third kappa shape index (κ3) is 3.81. The van der Waals surface area contributed by atoms with Crippen LogP contribution in [0.25, 0.3) is 0 Å². The molecule has 0 amide bonds. The van der Waals surface area contributed by atoms with E-state index in [2.05, 4.69) is 12.2 Å². The highest BCUT2D eigenvalue weighted by molar-refractivity contribution is 7.99. The first-order chi connectivity index (χ1) is 9.72. The molecule has 1 nitrogen and oxygen atoms in total. The zero-order chi connectivity index (χ0) is 14.4. The fourth-order valence-corrected chi connectivity index (χ4v) is 2.81. The Balaban J connectivity index is 2.23. The van der Waals surface area contributed by atoms with Crippen LogP contribution in [0, 0.1) is 11.6 Å². The Kier molecular flexibility index (Phi) is 5.56. The minimum absolute atomic E-state index is 0.311. The summed E-state index contributed by atoms with van der Waals surface area (Å²) in [5, 5.41) is 3.25. The molecule has 0 fully saturated rings. The van der Waals surface area contributed by atoms with Gasteiger partial charge in [0.1, 0.15) is 11.6 Å². The average molecular weight is 293 g/mol. The Hall–Kier alpha value is -1.39. The van der Waals surface area contributed by atoms with Crippen molar-refractivity contribution >= 4 is 11.8 Å². The normalized spacial score (nSPS) is 10.8. The van der Waals surface area contributed by atoms with Crippen LogP contribution in [0.2, 0.25) is 0 Å². The number of rotatable bonds is 6. The first kappa shape index (κ1) is 15.0. The van der Waals surface area contributed by atoms with E-state index < -0.39 is 0 Å². The van der Waals surface area contributed by atoms with Gasteiger partial charge < -0.3 is 5.32 Å². The highest BCUT2D eigenvalue weighted by Crippen LogP contribution is 2.34. The van der Waals surface area contributed by atoms with Gasteiger partial charge in [-0.1, -0.05) is 43.0 Å². The van der Waals surface area contributed by atoms with Crippen molar-refractivity contribution in [2.24, 2.45) is 0 Å². The molecule has 0 unspecified atom stereocenters. The van der Waals surface area contributed by atoms with Crippen molar-refractivity contribution in [3.8, 4) is 0 Å². The zero-order valence-corrected chi connectivity index (χ0v) is 12.1. The molecule has 2 aromatic rings. The Morgan fingerprint density at radius 2 is 1.75 bits per heavy atom. The van der Waals surface area contributed by atoms with Gasteiger partial charge in [-0.3, -0.25) is 0 Å². The van der Waals surface area contributed by atoms with Gasteiger partial charge in [0.2, 0.25) is 0 Å². The summed E-state index contributed by atoms with van der Waals surface area (Å²) in [6.07, 6.45) is 1.02. The van der Waals surface area contributed by atoms with Gasteiger partial charge in [0.05, 0.1) is 4.90 Å². The lowest BCUT2D eigenvalue weighted by molar-refractivity contribution is 0.586. The summed E-state index contributed by atoms with van der Waals surface area (Å²) < 4.78 is 27.7. The van der Waals surface area contributed by atoms with Crippen molar-refractivity contribution in [2.45, 2.75) is 29.7 Å². The molecule has 0 aliphatic carbocycles. The summed E-state index contributed by atoms with van der Waals surface area (Å²) in [7, 11) is 0. The molecule has 1 N–H and O–H groups in total. The van der Waals surface area contributed by atoms with Crippen molar-refractivity contribution < 1.29 is 8.78 Å². The smallest absolute Gasteiger partial charge is 0.137 e. The van der Waals surface area contributed by atoms with E-state index in [9.17, 15) is 8.78 Å². The van der Waals surface area contributed by atoms with Crippen LogP contribution in [0.4, 0.5) is 8.78 Å². The molecule has 20 heavy (non-hydrogen) atoms. The minimum Gasteiger partial charge on any atom is -0.313 e. The summed E-state index contributed by atoms with van der Waals surface area (Å²) in [5.74, 6) is -0.637. The molecule has 4 heteroatoms. The van der Waals surface area contributed by atoms with Crippen molar-refractivity contribution in [3.63, 3.8) is 0 Å². The standard InChI is InChI=1S/C16H17F2NS/c1-2-10-19-11-12-6-5-8-14(18)16(12)20-15-9-4-3-7-13(15)17/h3-9,19H,2,10-11H2,1H3. The van der Waals surface area contributed by atoms with Crippen LogP contribution in [0.1, 0.15) is 18.9 Å². The lowest BCUT2D eigenvalue weighted by atomic mass is 10.2. The highest BCUT2D eigenvalue weighted by Gasteiger charge is 2.12. The van der Waals surface area contributed by atoms with Gasteiger partial charge in [-0.05, 0) is 36.7 Å². The Morgan fingerprint density at radius 1 is 1.00 bits per heavy atom. The molecule has 0 saturated heterocycles. The fraction of sp³-hybridized carbons (Fsp3) is 0.250. The van der Waals surface area contributed by atoms with Crippen LogP contribution in [-0.2, 0) is 6.54 Å². The molecule has 0 bridgehead atoms. The largest absolute Gasteiger partial charge is 0.313 e. The number of hydrogen-bond donors (Lipinski definition) is 1. The fourth-order valence-electron chi connectivity index (χ4n) is 1.84. The van der Waals surface area contributed by atoms with Crippen LogP contribution in [0.3, 0.4) is 0 Å². The molecule has 0 heterocycles. The van der Waals surface area contributed by atoms with E-state index in [1.165, 1.54) is 12.1 Å². The molecule has 0 atom stereocenters. The molecule has 0 aliphatic heterocycles. The van der Waals surface area contributed by atoms with Gasteiger partial charge >= 0.3 is 0 Å². The number of hydrogen-bond acceptors (Lipinski definition) is 2. The maximum atomic E-state index is 14.0. The molecule has 0 aromatic heterocycles. The summed E-state index contributed by atoms with van der Waals surface area (Å²) in [6.45, 7) is 3.54. The van der Waals surface area contributed by atoms with Gasteiger partial charge in [0.15, 0.2) is 0 Å². The van der Waals surface area contributed by atoms with E-state index in [1.54, 1.807) is 24.3 Å². The first-order valence-corrected chi connectivity index (χ1v) is 7.44. The number of benzene rings is 2. The van der Waals surface area contributed by atoms with Gasteiger partial charge in [-0.2, -0.15) is 0 Å². The first-order valence-electron chi connectivity index (χ1n) is 6.63. The van der Waals surface area contributed by atoms with Crippen molar-refractivity contribution in [3.05, 3.63) is 59.7 Å². The number of halogens is 2. The molecule has 2 aromatic carbocycles. The Morgan fingerprint density at radius 3 is 2.50 bits per heavy atom. The Bertz CT molecular complexity index is 572. The van der Waals surface area contributed by atoms with E-state index in [0.29, 0.717) is 16.3 Å². The molecule has 2 rings (SSSR count). The summed E-state index contributed by atoms with van der Waals surface area (Å²) >= 11 is 1.14. The SMILES string of the molecule is CCCNCc1cccc(F)c1Sc1ccccc1F. The van der Waals surface area contributed by atoms with E-state index in [0.717, 1.165) is 30.3 Å². The summed E-state index contributed by atoms with van der Waals surface area (Å²) in [6, 6.07) is 11.4. The van der Waals surface area contributed by atoms with Crippen LogP contribution in [-0.4, -0.2) is 6.54 Å². The van der Waals surface area contributed by atoms with Crippen LogP contribution >= 0.6 is 11.8 Å². The second-order valence-electron chi connectivity index (χ2n) is 4.44. The molecular formula is C16H17F2NS. The maximum Gasteiger partial charge on any atom is 0.137 e. The number of nitrogens with one attached hydrogen (secondary N) is 1. The van der Waals surface area contributed by atoms with Gasteiger partial charge in [-0.15, -0.1) is 0 Å². The molecular weight excluding hydrogens is 276 g/mol. The van der Waals surface area contributed by atoms with Crippen LogP contribution in [0.15, 0.2) is 52.3 Å². The van der Waals surface area contributed by atoms with Crippen molar-refractivity contribution in [1.82, 2.24) is 5.32 Å². The zero-order valence-electron chi connectivity index (χ0n) is 11.3. The van der Waals surface area contributed by atoms with E-state index in [4.69, 9.17) is 0 Å². The molecule has 0 radical (unpaired) electrons. The van der Waals surface area contributed by atoms with E-state index in [1.807, 2.05) is 6.07 Å². The van der Waals surface area contributed by atoms with Gasteiger partial charge in [0, 0.05) is 11.4 Å². The van der Waals surface area contributed by atoms with Crippen LogP contribution in [0.5, 0.6) is 0 Å². The lowest BCUT2D eigenvalue weighted by Crippen LogP contribution is -2.14. The predicted octanol–water partition coefficient (Wildman–Crippen LogP) is 4.62. The topological polar surface area (TPSA) is 12.0 Å². The predicted molar refractivity (Wildman–Crippen MR) is 78.9 cm³/mol. The maximum absolute atomic E-state index is 14.0. The Labute approximate surface area is 122 Å². The summed E-state index contributed by atoms with van der Waals surface area (Å²) in [4.78, 5) is 0.926. The van der Waals surface area contributed by atoms with Crippen LogP contribution < -0.4 is 5.32 Å². The third-order valence-electron chi connectivity index (χ3n) is 2.84. The second kappa shape index (κ2) is 7.41. The summed E-state index contributed by atoms with van der Waals surface area (Å²) in [5.41, 5.74) is 0.853. The third-order valence-corrected chi connectivity index (χ3v) is 4.05. The molecule has 106 valence electrons. The second-order valence-corrected chi connectivity index (χ2v) is 5.49. The van der Waals surface area contributed by atoms with E-state index in [-0.39, 0.29) is 11.6 Å². The van der Waals surface area contributed by atoms with E-state index >= 15 is 0 Å². The van der Waals surface area contributed by atoms with Crippen molar-refractivity contribution in [1.29, 1.82) is 0 Å². The highest BCUT2D eigenvalue weighted by atomic mass is 32.2. The molecule has 0 spiro atoms. The lowest BCUT2D eigenvalue weighted by Gasteiger charge is -2.11. The quantitative estimate of drug-likeness (QED) is 0.780. The van der Waals surface area contributed by atoms with Gasteiger partial charge in [-0.25, -0.2) is 8.78 Å². The van der Waals surface area contributed by atoms with Gasteiger partial charge in [0.25, 0.3) is 0 Å².